The molecule has 17 heteroatoms. The summed E-state index contributed by atoms with van der Waals surface area (Å²) < 4.78 is 81.0. The van der Waals surface area contributed by atoms with Gasteiger partial charge in [0.15, 0.2) is 5.54 Å². The molecule has 2 amide bonds. The maximum atomic E-state index is 13.2. The van der Waals surface area contributed by atoms with Crippen LogP contribution in [-0.2, 0) is 44.3 Å². The van der Waals surface area contributed by atoms with Crippen molar-refractivity contribution in [1.82, 2.24) is 9.64 Å². The van der Waals surface area contributed by atoms with Crippen LogP contribution in [0.15, 0.2) is 52.3 Å². The number of Topliss-reactive ketones (excluding diaryl/α,β-unsaturated/α-hetero) is 1. The van der Waals surface area contributed by atoms with Crippen LogP contribution >= 0.6 is 0 Å². The Morgan fingerprint density at radius 3 is 2.11 bits per heavy atom. The predicted molar refractivity (Wildman–Crippen MR) is 242 cm³/mol. The Labute approximate surface area is 380 Å². The lowest BCUT2D eigenvalue weighted by Crippen LogP contribution is -2.53. The van der Waals surface area contributed by atoms with Gasteiger partial charge in [0.05, 0.1) is 11.0 Å². The van der Waals surface area contributed by atoms with Gasteiger partial charge in [-0.1, -0.05) is 26.3 Å². The van der Waals surface area contributed by atoms with E-state index in [9.17, 15) is 45.1 Å². The zero-order chi connectivity index (χ0) is 47.4. The number of hydroxylamine groups is 2. The standard InChI is InChI=1S/C48H59N3O12S2/c1-29-27-47(4,5)49(20-12-8-10-14-31(3)52)38-25-40-36(23-34(29)38)46(33-17-16-32(64(56,57)58)22-42(33)65(59,60)61)37-24-35-30(2)28-48(6,7)50(39(35)26-41(37)62-40)21-13-9-11-15-45(55)63-51-43(53)18-19-44(51)54/h16-17,22-26,29-30H,8-15,18-21,27-28H2,1-7H3,(H-,56,57,58,59,60,61)/p+1. The Kier molecular flexibility index (Phi) is 13.3. The van der Waals surface area contributed by atoms with Crippen LogP contribution in [0.5, 0.6) is 11.5 Å². The van der Waals surface area contributed by atoms with Crippen molar-refractivity contribution in [3.63, 3.8) is 0 Å². The average Bonchev–Trinajstić information content (AvgIpc) is 3.51. The third kappa shape index (κ3) is 9.93. The fourth-order valence-electron chi connectivity index (χ4n) is 10.4. The van der Waals surface area contributed by atoms with Gasteiger partial charge in [-0.25, -0.2) is 9.37 Å². The molecule has 3 aromatic rings. The topological polar surface area (TPSA) is 205 Å². The smallest absolute Gasteiger partial charge is 0.333 e. The van der Waals surface area contributed by atoms with Crippen LogP contribution < -0.4 is 24.8 Å². The summed E-state index contributed by atoms with van der Waals surface area (Å²) >= 11 is 0. The number of unbranched alkanes of at least 4 members (excludes halogenated alkanes) is 4. The third-order valence-corrected chi connectivity index (χ3v) is 15.1. The van der Waals surface area contributed by atoms with Crippen molar-refractivity contribution in [1.29, 1.82) is 0 Å². The fraction of sp³-hybridized carbons (Fsp3) is 0.521. The second-order valence-electron chi connectivity index (χ2n) is 19.4. The van der Waals surface area contributed by atoms with E-state index in [4.69, 9.17) is 9.57 Å². The molecule has 350 valence electrons. The second-order valence-corrected chi connectivity index (χ2v) is 22.2. The van der Waals surface area contributed by atoms with E-state index in [-0.39, 0.29) is 53.5 Å². The van der Waals surface area contributed by atoms with E-state index in [0.29, 0.717) is 65.1 Å². The van der Waals surface area contributed by atoms with Crippen molar-refractivity contribution in [2.45, 2.75) is 158 Å². The number of anilines is 1. The van der Waals surface area contributed by atoms with Crippen molar-refractivity contribution in [3.05, 3.63) is 75.3 Å². The molecule has 3 aromatic carbocycles. The molecule has 2 atom stereocenters. The van der Waals surface area contributed by atoms with Gasteiger partial charge in [-0.05, 0) is 108 Å². The van der Waals surface area contributed by atoms with Crippen molar-refractivity contribution in [2.24, 2.45) is 0 Å². The molecule has 4 aliphatic heterocycles. The summed E-state index contributed by atoms with van der Waals surface area (Å²) in [7, 11) is -9.92. The number of benzene rings is 3. The number of fused-ring (bicyclic) bond motifs is 4. The Balaban J connectivity index is 1.34. The lowest BCUT2D eigenvalue weighted by atomic mass is 9.78. The van der Waals surface area contributed by atoms with Crippen LogP contribution in [0.3, 0.4) is 0 Å². The van der Waals surface area contributed by atoms with Crippen LogP contribution in [0.2, 0.25) is 0 Å². The minimum atomic E-state index is -5.06. The first-order valence-corrected chi connectivity index (χ1v) is 25.4. The molecule has 4 aliphatic rings. The largest absolute Gasteiger partial charge is 0.456 e. The van der Waals surface area contributed by atoms with Gasteiger partial charge in [0.1, 0.15) is 28.7 Å². The molecule has 15 nitrogen and oxygen atoms in total. The monoisotopic (exact) mass is 934 g/mol. The normalized spacial score (nSPS) is 19.9. The number of rotatable bonds is 16. The Morgan fingerprint density at radius 2 is 1.45 bits per heavy atom. The number of ether oxygens (including phenoxy) is 1. The van der Waals surface area contributed by atoms with E-state index in [1.807, 2.05) is 24.3 Å². The number of ketones is 1. The summed E-state index contributed by atoms with van der Waals surface area (Å²) in [5.74, 6) is -0.542. The maximum absolute atomic E-state index is 13.2. The molecule has 2 N–H and O–H groups in total. The SMILES string of the molecule is CC(=O)CCCCC[N+]1=c2cc3c(cc2C(C)CC1(C)C)=C(c1ccc(S(=O)(=O)O)cc1S(=O)(=O)O)c1cc2c(cc1O3)N(CCCCCC(=O)ON1C(=O)CCC1=O)C(C)(C)CC2C. The van der Waals surface area contributed by atoms with Gasteiger partial charge in [0.25, 0.3) is 32.1 Å². The fourth-order valence-corrected chi connectivity index (χ4v) is 11.7. The molecular weight excluding hydrogens is 875 g/mol. The molecule has 1 fully saturated rings. The van der Waals surface area contributed by atoms with Crippen molar-refractivity contribution >= 4 is 55.1 Å². The van der Waals surface area contributed by atoms with Crippen LogP contribution in [0, 0.1) is 0 Å². The van der Waals surface area contributed by atoms with Crippen LogP contribution in [-0.4, -0.2) is 78.7 Å². The van der Waals surface area contributed by atoms with Crippen molar-refractivity contribution in [3.8, 4) is 11.5 Å². The van der Waals surface area contributed by atoms with Crippen LogP contribution in [0.1, 0.15) is 160 Å². The molecule has 4 heterocycles. The third-order valence-electron chi connectivity index (χ3n) is 13.4. The predicted octanol–water partition coefficient (Wildman–Crippen LogP) is 6.72. The lowest BCUT2D eigenvalue weighted by molar-refractivity contribution is -0.197. The minimum Gasteiger partial charge on any atom is -0.456 e. The number of nitrogens with zero attached hydrogens (tertiary/aromatic N) is 3. The first kappa shape index (κ1) is 48.0. The molecule has 65 heavy (non-hydrogen) atoms. The molecule has 2 unspecified atom stereocenters. The van der Waals surface area contributed by atoms with Gasteiger partial charge >= 0.3 is 5.97 Å². The van der Waals surface area contributed by atoms with Gasteiger partial charge in [-0.2, -0.15) is 16.8 Å². The molecule has 0 aromatic heterocycles. The highest BCUT2D eigenvalue weighted by molar-refractivity contribution is 7.86. The van der Waals surface area contributed by atoms with E-state index in [1.165, 1.54) is 6.07 Å². The van der Waals surface area contributed by atoms with Crippen molar-refractivity contribution in [2.75, 3.05) is 18.0 Å². The molecule has 0 bridgehead atoms. The molecule has 0 radical (unpaired) electrons. The van der Waals surface area contributed by atoms with Gasteiger partial charge in [-0.15, -0.1) is 5.06 Å². The summed E-state index contributed by atoms with van der Waals surface area (Å²) in [6.07, 6.45) is 6.60. The number of amides is 2. The summed E-state index contributed by atoms with van der Waals surface area (Å²) in [5, 5.41) is 2.09. The van der Waals surface area contributed by atoms with E-state index in [2.05, 4.69) is 51.0 Å². The Hall–Kier alpha value is -4.97. The highest BCUT2D eigenvalue weighted by Crippen LogP contribution is 2.49. The van der Waals surface area contributed by atoms with Gasteiger partial charge in [0.2, 0.25) is 5.36 Å². The van der Waals surface area contributed by atoms with E-state index < -0.39 is 47.8 Å². The molecule has 0 saturated carbocycles. The molecule has 1 saturated heterocycles. The minimum absolute atomic E-state index is 0.0245. The van der Waals surface area contributed by atoms with Crippen molar-refractivity contribution < 1.29 is 54.7 Å². The number of carbonyl (C=O) groups excluding carboxylic acids is 4. The Morgan fingerprint density at radius 1 is 0.785 bits per heavy atom. The number of hydrogen-bond acceptors (Lipinski definition) is 11. The number of hydrogen-bond donors (Lipinski definition) is 2. The summed E-state index contributed by atoms with van der Waals surface area (Å²) in [4.78, 5) is 54.0. The first-order valence-electron chi connectivity index (χ1n) is 22.5. The van der Waals surface area contributed by atoms with E-state index in [0.717, 1.165) is 73.0 Å². The van der Waals surface area contributed by atoms with E-state index in [1.54, 1.807) is 6.92 Å². The highest BCUT2D eigenvalue weighted by atomic mass is 32.2. The summed E-state index contributed by atoms with van der Waals surface area (Å²) in [5.41, 5.74) is 3.36. The zero-order valence-electron chi connectivity index (χ0n) is 38.2. The summed E-state index contributed by atoms with van der Waals surface area (Å²) in [6.45, 7) is 16.0. The summed E-state index contributed by atoms with van der Waals surface area (Å²) in [6, 6.07) is 11.2. The molecule has 0 spiro atoms. The molecule has 0 aliphatic carbocycles. The Bertz CT molecular complexity index is 2820. The van der Waals surface area contributed by atoms with Gasteiger partial charge in [-0.3, -0.25) is 18.7 Å². The lowest BCUT2D eigenvalue weighted by Gasteiger charge is -2.48. The molecular formula is C48H60N3O12S2+. The van der Waals surface area contributed by atoms with Gasteiger partial charge in [0, 0.05) is 89.8 Å². The number of imide groups is 1. The average molecular weight is 935 g/mol. The van der Waals surface area contributed by atoms with Crippen LogP contribution in [0.25, 0.3) is 5.57 Å². The quantitative estimate of drug-likeness (QED) is 0.0519. The van der Waals surface area contributed by atoms with Gasteiger partial charge < -0.3 is 19.3 Å². The first-order chi connectivity index (χ1) is 30.4. The number of carbonyl (C=O) groups is 4. The van der Waals surface area contributed by atoms with E-state index >= 15 is 0 Å². The molecule has 7 rings (SSSR count). The maximum Gasteiger partial charge on any atom is 0.333 e. The van der Waals surface area contributed by atoms with Crippen LogP contribution in [0.4, 0.5) is 5.69 Å². The second kappa shape index (κ2) is 18.0. The zero-order valence-corrected chi connectivity index (χ0v) is 39.9. The highest BCUT2D eigenvalue weighted by Gasteiger charge is 2.41.